The molecule has 2 amide bonds. The monoisotopic (exact) mass is 508 g/mol. The Hall–Kier alpha value is -4.60. The smallest absolute Gasteiger partial charge is 0.256 e. The lowest BCUT2D eigenvalue weighted by Crippen LogP contribution is -2.27. The van der Waals surface area contributed by atoms with Crippen LogP contribution in [0.5, 0.6) is 0 Å². The molecule has 1 aromatic carbocycles. The highest BCUT2D eigenvalue weighted by Crippen LogP contribution is 2.31. The van der Waals surface area contributed by atoms with E-state index < -0.39 is 0 Å². The number of anilines is 1. The normalized spacial score (nSPS) is 13.6. The van der Waals surface area contributed by atoms with Gasteiger partial charge in [-0.1, -0.05) is 19.9 Å². The van der Waals surface area contributed by atoms with Gasteiger partial charge in [-0.15, -0.1) is 0 Å². The number of hydrogen-bond acceptors (Lipinski definition) is 6. The van der Waals surface area contributed by atoms with Gasteiger partial charge in [0.25, 0.3) is 5.91 Å². The maximum Gasteiger partial charge on any atom is 0.256 e. The maximum atomic E-state index is 13.1. The zero-order chi connectivity index (χ0) is 26.2. The molecule has 0 atom stereocenters. The van der Waals surface area contributed by atoms with E-state index in [1.54, 1.807) is 18.6 Å². The lowest BCUT2D eigenvalue weighted by Gasteiger charge is -2.15. The fraction of sp³-hybridized carbons (Fsp3) is 0.286. The molecule has 1 fully saturated rings. The van der Waals surface area contributed by atoms with Gasteiger partial charge in [-0.05, 0) is 43.0 Å². The minimum Gasteiger partial charge on any atom is -0.339 e. The number of hydrogen-bond donors (Lipinski definition) is 3. The summed E-state index contributed by atoms with van der Waals surface area (Å²) in [6.07, 6.45) is 7.62. The van der Waals surface area contributed by atoms with Crippen molar-refractivity contribution < 1.29 is 9.59 Å². The SMILES string of the molecule is CC(C)CC(=O)Nc1cncc(-c2cnc3[nH]nc(-c4nc5c(C(=O)N6CCCC6)cccc5[nH]4)c3c2)c1. The summed E-state index contributed by atoms with van der Waals surface area (Å²) in [5.74, 6) is 0.789. The molecular weight excluding hydrogens is 480 g/mol. The highest BCUT2D eigenvalue weighted by molar-refractivity contribution is 6.06. The van der Waals surface area contributed by atoms with E-state index in [0.29, 0.717) is 40.4 Å². The topological polar surface area (TPSA) is 133 Å². The number of para-hydroxylation sites is 1. The first-order valence-electron chi connectivity index (χ1n) is 12.8. The molecule has 0 unspecified atom stereocenters. The molecule has 5 aromatic rings. The Bertz CT molecular complexity index is 1660. The largest absolute Gasteiger partial charge is 0.339 e. The first kappa shape index (κ1) is 23.8. The summed E-state index contributed by atoms with van der Waals surface area (Å²) in [7, 11) is 0. The van der Waals surface area contributed by atoms with Crippen LogP contribution in [0.2, 0.25) is 0 Å². The summed E-state index contributed by atoms with van der Waals surface area (Å²) in [5, 5.41) is 11.2. The second-order valence-corrected chi connectivity index (χ2v) is 10.1. The molecule has 10 heteroatoms. The zero-order valence-corrected chi connectivity index (χ0v) is 21.3. The van der Waals surface area contributed by atoms with Gasteiger partial charge in [0, 0.05) is 43.0 Å². The van der Waals surface area contributed by atoms with E-state index in [-0.39, 0.29) is 17.7 Å². The number of likely N-dealkylation sites (tertiary alicyclic amines) is 1. The molecule has 1 aliphatic rings. The number of amides is 2. The Balaban J connectivity index is 1.35. The van der Waals surface area contributed by atoms with Crippen molar-refractivity contribution in [2.24, 2.45) is 5.92 Å². The number of pyridine rings is 2. The van der Waals surface area contributed by atoms with Crippen LogP contribution in [0.3, 0.4) is 0 Å². The van der Waals surface area contributed by atoms with E-state index >= 15 is 0 Å². The lowest BCUT2D eigenvalue weighted by atomic mass is 10.1. The van der Waals surface area contributed by atoms with Gasteiger partial charge in [0.15, 0.2) is 11.5 Å². The second-order valence-electron chi connectivity index (χ2n) is 10.1. The van der Waals surface area contributed by atoms with E-state index in [2.05, 4.69) is 30.5 Å². The van der Waals surface area contributed by atoms with Crippen LogP contribution in [0.1, 0.15) is 43.5 Å². The Morgan fingerprint density at radius 3 is 2.71 bits per heavy atom. The summed E-state index contributed by atoms with van der Waals surface area (Å²) in [4.78, 5) is 44.2. The number of nitrogens with zero attached hydrogens (tertiary/aromatic N) is 5. The van der Waals surface area contributed by atoms with E-state index in [9.17, 15) is 9.59 Å². The molecule has 4 aromatic heterocycles. The Kier molecular flexibility index (Phi) is 6.07. The minimum atomic E-state index is -0.0443. The van der Waals surface area contributed by atoms with Gasteiger partial charge in [0.05, 0.1) is 28.4 Å². The maximum absolute atomic E-state index is 13.1. The molecule has 10 nitrogen and oxygen atoms in total. The van der Waals surface area contributed by atoms with Crippen molar-refractivity contribution in [2.75, 3.05) is 18.4 Å². The van der Waals surface area contributed by atoms with Crippen molar-refractivity contribution in [2.45, 2.75) is 33.1 Å². The molecule has 1 saturated heterocycles. The standard InChI is InChI=1S/C28H28N8O2/c1-16(2)10-23(37)31-19-11-17(13-29-15-19)18-12-21-25(34-35-26(21)30-14-18)27-32-22-7-5-6-20(24(22)33-27)28(38)36-8-3-4-9-36/h5-7,11-16H,3-4,8-10H2,1-2H3,(H,31,37)(H,32,33)(H,30,34,35). The Labute approximate surface area is 218 Å². The van der Waals surface area contributed by atoms with Gasteiger partial charge in [-0.3, -0.25) is 19.7 Å². The van der Waals surface area contributed by atoms with Crippen LogP contribution in [0, 0.1) is 5.92 Å². The van der Waals surface area contributed by atoms with Crippen LogP contribution in [0.15, 0.2) is 48.9 Å². The summed E-state index contributed by atoms with van der Waals surface area (Å²) < 4.78 is 0. The fourth-order valence-electron chi connectivity index (χ4n) is 4.90. The molecular formula is C28H28N8O2. The number of carbonyl (C=O) groups excluding carboxylic acids is 2. The number of H-pyrrole nitrogens is 2. The van der Waals surface area contributed by atoms with E-state index in [4.69, 9.17) is 4.98 Å². The van der Waals surface area contributed by atoms with Crippen molar-refractivity contribution in [3.8, 4) is 22.6 Å². The third-order valence-corrected chi connectivity index (χ3v) is 6.73. The highest BCUT2D eigenvalue weighted by Gasteiger charge is 2.23. The molecule has 38 heavy (non-hydrogen) atoms. The van der Waals surface area contributed by atoms with Crippen LogP contribution < -0.4 is 5.32 Å². The molecule has 192 valence electrons. The molecule has 6 rings (SSSR count). The van der Waals surface area contributed by atoms with Gasteiger partial charge >= 0.3 is 0 Å². The van der Waals surface area contributed by atoms with Crippen molar-refractivity contribution >= 4 is 39.6 Å². The predicted molar refractivity (Wildman–Crippen MR) is 145 cm³/mol. The average Bonchev–Trinajstić information content (AvgIpc) is 3.66. The first-order valence-corrected chi connectivity index (χ1v) is 12.8. The van der Waals surface area contributed by atoms with Crippen molar-refractivity contribution in [3.05, 3.63) is 54.5 Å². The summed E-state index contributed by atoms with van der Waals surface area (Å²) in [6, 6.07) is 9.47. The number of nitrogens with one attached hydrogen (secondary N) is 3. The minimum absolute atomic E-state index is 0.00913. The number of imidazole rings is 1. The number of aromatic amines is 2. The van der Waals surface area contributed by atoms with Gasteiger partial charge in [-0.25, -0.2) is 9.97 Å². The second kappa shape index (κ2) is 9.70. The van der Waals surface area contributed by atoms with Gasteiger partial charge < -0.3 is 15.2 Å². The van der Waals surface area contributed by atoms with Gasteiger partial charge in [0.2, 0.25) is 5.91 Å². The molecule has 3 N–H and O–H groups in total. The number of aromatic nitrogens is 6. The Morgan fingerprint density at radius 2 is 1.89 bits per heavy atom. The number of benzene rings is 1. The fourth-order valence-corrected chi connectivity index (χ4v) is 4.90. The third kappa shape index (κ3) is 4.49. The highest BCUT2D eigenvalue weighted by atomic mass is 16.2. The van der Waals surface area contributed by atoms with Gasteiger partial charge in [-0.2, -0.15) is 5.10 Å². The van der Waals surface area contributed by atoms with Crippen LogP contribution in [0.4, 0.5) is 5.69 Å². The van der Waals surface area contributed by atoms with Crippen LogP contribution in [-0.2, 0) is 4.79 Å². The molecule has 0 spiro atoms. The summed E-state index contributed by atoms with van der Waals surface area (Å²) >= 11 is 0. The summed E-state index contributed by atoms with van der Waals surface area (Å²) in [5.41, 5.74) is 5.51. The van der Waals surface area contributed by atoms with Crippen LogP contribution in [-0.4, -0.2) is 59.9 Å². The molecule has 0 bridgehead atoms. The number of fused-ring (bicyclic) bond motifs is 2. The zero-order valence-electron chi connectivity index (χ0n) is 21.3. The molecule has 5 heterocycles. The van der Waals surface area contributed by atoms with E-state index in [1.807, 2.05) is 49.1 Å². The molecule has 0 radical (unpaired) electrons. The first-order chi connectivity index (χ1) is 18.5. The van der Waals surface area contributed by atoms with Crippen molar-refractivity contribution in [3.63, 3.8) is 0 Å². The third-order valence-electron chi connectivity index (χ3n) is 6.73. The van der Waals surface area contributed by atoms with E-state index in [0.717, 1.165) is 48.0 Å². The van der Waals surface area contributed by atoms with E-state index in [1.165, 1.54) is 0 Å². The summed E-state index contributed by atoms with van der Waals surface area (Å²) in [6.45, 7) is 5.57. The predicted octanol–water partition coefficient (Wildman–Crippen LogP) is 4.78. The van der Waals surface area contributed by atoms with Crippen LogP contribution in [0.25, 0.3) is 44.7 Å². The lowest BCUT2D eigenvalue weighted by molar-refractivity contribution is -0.116. The van der Waals surface area contributed by atoms with Crippen LogP contribution >= 0.6 is 0 Å². The molecule has 0 aliphatic carbocycles. The van der Waals surface area contributed by atoms with Crippen molar-refractivity contribution in [1.82, 2.24) is 35.0 Å². The number of rotatable bonds is 6. The quantitative estimate of drug-likeness (QED) is 0.302. The van der Waals surface area contributed by atoms with Gasteiger partial charge in [0.1, 0.15) is 11.2 Å². The Morgan fingerprint density at radius 1 is 1.08 bits per heavy atom. The number of carbonyl (C=O) groups is 2. The molecule has 0 saturated carbocycles. The van der Waals surface area contributed by atoms with Crippen molar-refractivity contribution in [1.29, 1.82) is 0 Å². The molecule has 1 aliphatic heterocycles. The average molecular weight is 509 g/mol.